The number of methoxy groups -OCH3 is 1. The van der Waals surface area contributed by atoms with Gasteiger partial charge in [-0.3, -0.25) is 0 Å². The summed E-state index contributed by atoms with van der Waals surface area (Å²) in [4.78, 5) is 26.0. The fourth-order valence-corrected chi connectivity index (χ4v) is 5.94. The van der Waals surface area contributed by atoms with Crippen molar-refractivity contribution in [2.45, 2.75) is 43.9 Å². The van der Waals surface area contributed by atoms with Crippen molar-refractivity contribution >= 4 is 12.0 Å². The van der Waals surface area contributed by atoms with E-state index >= 15 is 0 Å². The quantitative estimate of drug-likeness (QED) is 0.888. The minimum atomic E-state index is 0.0907. The van der Waals surface area contributed by atoms with E-state index in [-0.39, 0.29) is 24.2 Å². The average Bonchev–Trinajstić information content (AvgIpc) is 3.30. The van der Waals surface area contributed by atoms with Crippen LogP contribution in [0.4, 0.5) is 10.7 Å². The van der Waals surface area contributed by atoms with Crippen LogP contribution in [0.15, 0.2) is 18.5 Å². The van der Waals surface area contributed by atoms with Gasteiger partial charge in [0.25, 0.3) is 0 Å². The van der Waals surface area contributed by atoms with Gasteiger partial charge in [0.1, 0.15) is 0 Å². The van der Waals surface area contributed by atoms with E-state index in [4.69, 9.17) is 4.74 Å². The molecule has 3 heterocycles. The number of aromatic nitrogens is 2. The number of rotatable bonds is 3. The molecule has 7 nitrogen and oxygen atoms in total. The zero-order chi connectivity index (χ0) is 17.7. The summed E-state index contributed by atoms with van der Waals surface area (Å²) in [5, 5.41) is 3.29. The van der Waals surface area contributed by atoms with Crippen LogP contribution in [-0.4, -0.2) is 65.8 Å². The summed E-state index contributed by atoms with van der Waals surface area (Å²) >= 11 is 0. The van der Waals surface area contributed by atoms with Crippen molar-refractivity contribution < 1.29 is 9.53 Å². The number of hydrogen-bond acceptors (Lipinski definition) is 5. The molecule has 140 valence electrons. The van der Waals surface area contributed by atoms with Crippen molar-refractivity contribution in [1.82, 2.24) is 20.2 Å². The summed E-state index contributed by atoms with van der Waals surface area (Å²) in [7, 11) is 1.80. The minimum absolute atomic E-state index is 0.0907. The molecule has 5 rings (SSSR count). The van der Waals surface area contributed by atoms with Crippen molar-refractivity contribution in [1.29, 1.82) is 0 Å². The van der Waals surface area contributed by atoms with Crippen LogP contribution in [0.3, 0.4) is 0 Å². The third-order valence-corrected chi connectivity index (χ3v) is 6.93. The standard InChI is InChI=1S/C19H27N5O2/c1-26-17-12-8-13-10-24(16(17)15(13)9-12)19(25)22-14-4-2-7-23(11-14)18-20-5-3-6-21-18/h3,5-6,12-17H,2,4,7-11H2,1H3,(H,22,25). The Morgan fingerprint density at radius 3 is 2.88 bits per heavy atom. The number of fused-ring (bicyclic) bond motifs is 1. The zero-order valence-electron chi connectivity index (χ0n) is 15.3. The largest absolute Gasteiger partial charge is 0.379 e. The molecule has 4 fully saturated rings. The number of urea groups is 1. The Hall–Kier alpha value is -1.89. The van der Waals surface area contributed by atoms with Gasteiger partial charge in [0.05, 0.1) is 12.1 Å². The Bertz CT molecular complexity index is 669. The van der Waals surface area contributed by atoms with Gasteiger partial charge in [-0.25, -0.2) is 14.8 Å². The van der Waals surface area contributed by atoms with Gasteiger partial charge in [0, 0.05) is 45.2 Å². The van der Waals surface area contributed by atoms with Gasteiger partial charge in [-0.15, -0.1) is 0 Å². The van der Waals surface area contributed by atoms with E-state index in [1.807, 2.05) is 6.07 Å². The summed E-state index contributed by atoms with van der Waals surface area (Å²) in [6.45, 7) is 2.62. The minimum Gasteiger partial charge on any atom is -0.379 e. The lowest BCUT2D eigenvalue weighted by Gasteiger charge is -2.36. The van der Waals surface area contributed by atoms with Gasteiger partial charge < -0.3 is 19.9 Å². The molecular weight excluding hydrogens is 330 g/mol. The highest BCUT2D eigenvalue weighted by atomic mass is 16.5. The lowest BCUT2D eigenvalue weighted by atomic mass is 9.88. The number of amides is 2. The first kappa shape index (κ1) is 16.3. The number of hydrogen-bond donors (Lipinski definition) is 1. The first-order valence-corrected chi connectivity index (χ1v) is 9.86. The van der Waals surface area contributed by atoms with Gasteiger partial charge in [-0.1, -0.05) is 0 Å². The number of ether oxygens (including phenoxy) is 1. The molecule has 0 spiro atoms. The Morgan fingerprint density at radius 1 is 1.23 bits per heavy atom. The molecule has 2 amide bonds. The molecule has 4 aliphatic rings. The van der Waals surface area contributed by atoms with E-state index in [1.54, 1.807) is 19.5 Å². The van der Waals surface area contributed by atoms with Crippen LogP contribution < -0.4 is 10.2 Å². The van der Waals surface area contributed by atoms with Crippen LogP contribution in [0.1, 0.15) is 25.7 Å². The van der Waals surface area contributed by atoms with Gasteiger partial charge in [-0.05, 0) is 49.5 Å². The number of nitrogens with zero attached hydrogens (tertiary/aromatic N) is 4. The molecule has 2 bridgehead atoms. The number of carbonyl (C=O) groups is 1. The molecule has 0 aromatic carbocycles. The van der Waals surface area contributed by atoms with Gasteiger partial charge in [0.2, 0.25) is 5.95 Å². The molecule has 1 aromatic rings. The molecule has 2 saturated heterocycles. The van der Waals surface area contributed by atoms with E-state index < -0.39 is 0 Å². The van der Waals surface area contributed by atoms with Crippen molar-refractivity contribution in [2.24, 2.45) is 17.8 Å². The fourth-order valence-electron chi connectivity index (χ4n) is 5.94. The van der Waals surface area contributed by atoms with E-state index in [1.165, 1.54) is 12.8 Å². The van der Waals surface area contributed by atoms with Gasteiger partial charge in [0.15, 0.2) is 0 Å². The van der Waals surface area contributed by atoms with Crippen LogP contribution in [0.25, 0.3) is 0 Å². The second-order valence-corrected chi connectivity index (χ2v) is 8.28. The number of nitrogens with one attached hydrogen (secondary N) is 1. The van der Waals surface area contributed by atoms with Gasteiger partial charge >= 0.3 is 6.03 Å². The first-order valence-electron chi connectivity index (χ1n) is 9.86. The van der Waals surface area contributed by atoms with Crippen LogP contribution in [-0.2, 0) is 4.74 Å². The Balaban J connectivity index is 1.25. The van der Waals surface area contributed by atoms with Gasteiger partial charge in [-0.2, -0.15) is 0 Å². The molecule has 7 heteroatoms. The number of carbonyl (C=O) groups excluding carboxylic acids is 1. The molecule has 1 N–H and O–H groups in total. The molecule has 2 saturated carbocycles. The maximum absolute atomic E-state index is 13.0. The fraction of sp³-hybridized carbons (Fsp3) is 0.737. The van der Waals surface area contributed by atoms with Crippen molar-refractivity contribution in [3.05, 3.63) is 18.5 Å². The molecule has 0 radical (unpaired) electrons. The molecule has 2 aliphatic heterocycles. The van der Waals surface area contributed by atoms with E-state index in [9.17, 15) is 4.79 Å². The third kappa shape index (κ3) is 2.55. The Kier molecular flexibility index (Phi) is 3.99. The van der Waals surface area contributed by atoms with E-state index in [0.717, 1.165) is 38.4 Å². The molecule has 26 heavy (non-hydrogen) atoms. The lowest BCUT2D eigenvalue weighted by molar-refractivity contribution is 0.0187. The highest BCUT2D eigenvalue weighted by Gasteiger charge is 2.60. The third-order valence-electron chi connectivity index (χ3n) is 6.93. The predicted molar refractivity (Wildman–Crippen MR) is 96.8 cm³/mol. The number of piperidine rings is 1. The number of anilines is 1. The Labute approximate surface area is 154 Å². The average molecular weight is 357 g/mol. The zero-order valence-corrected chi connectivity index (χ0v) is 15.3. The van der Waals surface area contributed by atoms with E-state index in [2.05, 4.69) is 25.1 Å². The maximum Gasteiger partial charge on any atom is 0.318 e. The molecule has 2 aliphatic carbocycles. The molecule has 6 unspecified atom stereocenters. The van der Waals surface area contributed by atoms with Crippen molar-refractivity contribution in [3.63, 3.8) is 0 Å². The monoisotopic (exact) mass is 357 g/mol. The summed E-state index contributed by atoms with van der Waals surface area (Å²) in [6, 6.07) is 2.35. The topological polar surface area (TPSA) is 70.6 Å². The second-order valence-electron chi connectivity index (χ2n) is 8.28. The molecule has 6 atom stereocenters. The van der Waals surface area contributed by atoms with Crippen molar-refractivity contribution in [3.8, 4) is 0 Å². The van der Waals surface area contributed by atoms with Crippen LogP contribution >= 0.6 is 0 Å². The summed E-state index contributed by atoms with van der Waals surface area (Å²) in [6.07, 6.45) is 8.28. The first-order chi connectivity index (χ1) is 12.7. The van der Waals surface area contributed by atoms with Crippen LogP contribution in [0, 0.1) is 17.8 Å². The maximum atomic E-state index is 13.0. The smallest absolute Gasteiger partial charge is 0.318 e. The molecular formula is C19H27N5O2. The second kappa shape index (κ2) is 6.37. The highest BCUT2D eigenvalue weighted by molar-refractivity contribution is 5.76. The number of likely N-dealkylation sites (tertiary alicyclic amines) is 1. The van der Waals surface area contributed by atoms with Crippen molar-refractivity contribution in [2.75, 3.05) is 31.6 Å². The summed E-state index contributed by atoms with van der Waals surface area (Å²) < 4.78 is 5.77. The normalized spacial score (nSPS) is 38.0. The highest BCUT2D eigenvalue weighted by Crippen LogP contribution is 2.55. The lowest BCUT2D eigenvalue weighted by Crippen LogP contribution is -2.54. The SMILES string of the molecule is COC1C2CC3CN(C(=O)NC4CCCN(c5ncccn5)C4)C1C3C2. The molecule has 1 aromatic heterocycles. The summed E-state index contributed by atoms with van der Waals surface area (Å²) in [5.41, 5.74) is 0. The predicted octanol–water partition coefficient (Wildman–Crippen LogP) is 1.51. The van der Waals surface area contributed by atoms with Crippen LogP contribution in [0.5, 0.6) is 0 Å². The van der Waals surface area contributed by atoms with Crippen LogP contribution in [0.2, 0.25) is 0 Å². The Morgan fingerprint density at radius 2 is 2.08 bits per heavy atom. The summed E-state index contributed by atoms with van der Waals surface area (Å²) in [5.74, 6) is 2.74. The van der Waals surface area contributed by atoms with E-state index in [0.29, 0.717) is 17.8 Å².